The zero-order valence-electron chi connectivity index (χ0n) is 14.0. The first-order chi connectivity index (χ1) is 11.1. The summed E-state index contributed by atoms with van der Waals surface area (Å²) in [4.78, 5) is 25.7. The molecule has 5 heteroatoms. The highest BCUT2D eigenvalue weighted by molar-refractivity contribution is 5.78. The van der Waals surface area contributed by atoms with Crippen molar-refractivity contribution in [2.24, 2.45) is 5.92 Å². The number of amides is 1. The molecule has 0 unspecified atom stereocenters. The Kier molecular flexibility index (Phi) is 6.59. The summed E-state index contributed by atoms with van der Waals surface area (Å²) in [7, 11) is 1.43. The van der Waals surface area contributed by atoms with Crippen LogP contribution in [0.3, 0.4) is 0 Å². The third-order valence-electron chi connectivity index (χ3n) is 4.46. The van der Waals surface area contributed by atoms with Gasteiger partial charge in [0, 0.05) is 6.54 Å². The van der Waals surface area contributed by atoms with Crippen LogP contribution in [0.4, 0.5) is 0 Å². The van der Waals surface area contributed by atoms with Gasteiger partial charge in [0.05, 0.1) is 19.6 Å². The number of hydrogen-bond donors (Lipinski definition) is 1. The maximum Gasteiger partial charge on any atom is 0.308 e. The summed E-state index contributed by atoms with van der Waals surface area (Å²) in [5, 5.41) is 3.00. The molecule has 1 atom stereocenters. The molecular weight excluding hydrogens is 292 g/mol. The number of methoxy groups -OCH3 is 1. The Bertz CT molecular complexity index is 510. The lowest BCUT2D eigenvalue weighted by atomic mass is 9.97. The Balaban J connectivity index is 1.69. The Morgan fingerprint density at radius 1 is 1.26 bits per heavy atom. The van der Waals surface area contributed by atoms with Gasteiger partial charge in [-0.1, -0.05) is 37.3 Å². The number of carbonyl (C=O) groups excluding carboxylic acids is 2. The maximum absolute atomic E-state index is 12.1. The van der Waals surface area contributed by atoms with Crippen molar-refractivity contribution in [3.63, 3.8) is 0 Å². The Labute approximate surface area is 138 Å². The number of likely N-dealkylation sites (tertiary alicyclic amines) is 1. The molecule has 2 rings (SSSR count). The van der Waals surface area contributed by atoms with Gasteiger partial charge in [-0.05, 0) is 37.4 Å². The van der Waals surface area contributed by atoms with E-state index < -0.39 is 0 Å². The molecule has 1 aromatic rings. The lowest BCUT2D eigenvalue weighted by molar-refractivity contribution is -0.147. The van der Waals surface area contributed by atoms with Crippen LogP contribution in [-0.4, -0.2) is 50.1 Å². The minimum Gasteiger partial charge on any atom is -0.469 e. The van der Waals surface area contributed by atoms with Crippen LogP contribution in [0.15, 0.2) is 30.3 Å². The summed E-state index contributed by atoms with van der Waals surface area (Å²) in [5.41, 5.74) is 1.23. The average Bonchev–Trinajstić information content (AvgIpc) is 2.60. The van der Waals surface area contributed by atoms with E-state index in [2.05, 4.69) is 29.3 Å². The maximum atomic E-state index is 12.1. The molecule has 5 nitrogen and oxygen atoms in total. The second kappa shape index (κ2) is 8.67. The van der Waals surface area contributed by atoms with Gasteiger partial charge in [0.15, 0.2) is 0 Å². The van der Waals surface area contributed by atoms with Crippen molar-refractivity contribution >= 4 is 11.9 Å². The van der Waals surface area contributed by atoms with Crippen LogP contribution in [0.25, 0.3) is 0 Å². The standard InChI is InChI=1S/C18H26N2O3/c1-14(15-6-4-3-5-7-15)12-19-17(21)13-20-10-8-16(9-11-20)18(22)23-2/h3-7,14,16H,8-13H2,1-2H3,(H,19,21)/t14-/m1/s1. The molecule has 0 radical (unpaired) electrons. The summed E-state index contributed by atoms with van der Waals surface area (Å²) < 4.78 is 4.78. The highest BCUT2D eigenvalue weighted by atomic mass is 16.5. The number of nitrogens with one attached hydrogen (secondary N) is 1. The van der Waals surface area contributed by atoms with E-state index in [1.54, 1.807) is 0 Å². The summed E-state index contributed by atoms with van der Waals surface area (Å²) in [6.07, 6.45) is 1.53. The molecule has 23 heavy (non-hydrogen) atoms. The SMILES string of the molecule is COC(=O)C1CCN(CC(=O)NC[C@@H](C)c2ccccc2)CC1. The van der Waals surface area contributed by atoms with Gasteiger partial charge in [0.2, 0.25) is 5.91 Å². The van der Waals surface area contributed by atoms with Crippen LogP contribution in [0.2, 0.25) is 0 Å². The first kappa shape index (κ1) is 17.5. The molecule has 0 aromatic heterocycles. The van der Waals surface area contributed by atoms with Crippen LogP contribution < -0.4 is 5.32 Å². The van der Waals surface area contributed by atoms with Gasteiger partial charge in [0.25, 0.3) is 0 Å². The summed E-state index contributed by atoms with van der Waals surface area (Å²) >= 11 is 0. The number of carbonyl (C=O) groups is 2. The first-order valence-corrected chi connectivity index (χ1v) is 8.22. The van der Waals surface area contributed by atoms with Crippen LogP contribution in [0, 0.1) is 5.92 Å². The number of piperidine rings is 1. The highest BCUT2D eigenvalue weighted by Gasteiger charge is 2.26. The van der Waals surface area contributed by atoms with E-state index in [-0.39, 0.29) is 17.8 Å². The van der Waals surface area contributed by atoms with E-state index in [0.717, 1.165) is 25.9 Å². The van der Waals surface area contributed by atoms with Gasteiger partial charge in [-0.2, -0.15) is 0 Å². The van der Waals surface area contributed by atoms with Crippen LogP contribution in [0.1, 0.15) is 31.2 Å². The molecule has 0 aliphatic carbocycles. The molecule has 1 fully saturated rings. The van der Waals surface area contributed by atoms with Gasteiger partial charge in [-0.3, -0.25) is 14.5 Å². The zero-order chi connectivity index (χ0) is 16.7. The summed E-state index contributed by atoms with van der Waals surface area (Å²) in [6.45, 7) is 4.68. The predicted molar refractivity (Wildman–Crippen MR) is 89.0 cm³/mol. The normalized spacial score (nSPS) is 17.5. The molecule has 1 aliphatic heterocycles. The second-order valence-corrected chi connectivity index (χ2v) is 6.19. The smallest absolute Gasteiger partial charge is 0.308 e. The van der Waals surface area contributed by atoms with Gasteiger partial charge in [-0.15, -0.1) is 0 Å². The molecule has 1 aliphatic rings. The fraction of sp³-hybridized carbons (Fsp3) is 0.556. The van der Waals surface area contributed by atoms with E-state index in [1.165, 1.54) is 12.7 Å². The predicted octanol–water partition coefficient (Wildman–Crippen LogP) is 1.79. The Hall–Kier alpha value is -1.88. The van der Waals surface area contributed by atoms with E-state index >= 15 is 0 Å². The van der Waals surface area contributed by atoms with Crippen molar-refractivity contribution in [3.8, 4) is 0 Å². The van der Waals surface area contributed by atoms with Crippen LogP contribution in [-0.2, 0) is 14.3 Å². The summed E-state index contributed by atoms with van der Waals surface area (Å²) in [6, 6.07) is 10.2. The number of ether oxygens (including phenoxy) is 1. The molecule has 1 heterocycles. The van der Waals surface area contributed by atoms with Crippen molar-refractivity contribution < 1.29 is 14.3 Å². The van der Waals surface area contributed by atoms with Gasteiger partial charge in [-0.25, -0.2) is 0 Å². The van der Waals surface area contributed by atoms with E-state index in [4.69, 9.17) is 4.74 Å². The lowest BCUT2D eigenvalue weighted by Gasteiger charge is -2.30. The van der Waals surface area contributed by atoms with E-state index in [9.17, 15) is 9.59 Å². The average molecular weight is 318 g/mol. The van der Waals surface area contributed by atoms with Crippen molar-refractivity contribution in [2.75, 3.05) is 33.3 Å². The van der Waals surface area contributed by atoms with Gasteiger partial charge in [0.1, 0.15) is 0 Å². The fourth-order valence-corrected chi connectivity index (χ4v) is 2.92. The van der Waals surface area contributed by atoms with Crippen molar-refractivity contribution in [1.82, 2.24) is 10.2 Å². The molecule has 0 spiro atoms. The number of rotatable bonds is 6. The van der Waals surface area contributed by atoms with Crippen LogP contribution in [0.5, 0.6) is 0 Å². The molecule has 1 amide bonds. The van der Waals surface area contributed by atoms with Crippen molar-refractivity contribution in [1.29, 1.82) is 0 Å². The molecule has 0 saturated carbocycles. The van der Waals surface area contributed by atoms with Gasteiger partial charge >= 0.3 is 5.97 Å². The third-order valence-corrected chi connectivity index (χ3v) is 4.46. The second-order valence-electron chi connectivity index (χ2n) is 6.19. The number of nitrogens with zero attached hydrogens (tertiary/aromatic N) is 1. The number of benzene rings is 1. The number of esters is 1. The summed E-state index contributed by atoms with van der Waals surface area (Å²) in [5.74, 6) is 0.192. The Morgan fingerprint density at radius 3 is 2.52 bits per heavy atom. The topological polar surface area (TPSA) is 58.6 Å². The molecular formula is C18H26N2O3. The fourth-order valence-electron chi connectivity index (χ4n) is 2.92. The molecule has 1 aromatic carbocycles. The molecule has 1 N–H and O–H groups in total. The molecule has 1 saturated heterocycles. The first-order valence-electron chi connectivity index (χ1n) is 8.22. The monoisotopic (exact) mass is 318 g/mol. The lowest BCUT2D eigenvalue weighted by Crippen LogP contribution is -2.43. The Morgan fingerprint density at radius 2 is 1.91 bits per heavy atom. The minimum absolute atomic E-state index is 0.0163. The highest BCUT2D eigenvalue weighted by Crippen LogP contribution is 2.18. The van der Waals surface area contributed by atoms with Crippen LogP contribution >= 0.6 is 0 Å². The van der Waals surface area contributed by atoms with Crippen molar-refractivity contribution in [2.45, 2.75) is 25.7 Å². The zero-order valence-corrected chi connectivity index (χ0v) is 14.0. The van der Waals surface area contributed by atoms with Gasteiger partial charge < -0.3 is 10.1 Å². The third kappa shape index (κ3) is 5.36. The molecule has 0 bridgehead atoms. The molecule has 126 valence electrons. The van der Waals surface area contributed by atoms with Crippen molar-refractivity contribution in [3.05, 3.63) is 35.9 Å². The van der Waals surface area contributed by atoms with E-state index in [1.807, 2.05) is 18.2 Å². The largest absolute Gasteiger partial charge is 0.469 e. The minimum atomic E-state index is -0.134. The van der Waals surface area contributed by atoms with E-state index in [0.29, 0.717) is 19.0 Å². The number of hydrogen-bond acceptors (Lipinski definition) is 4. The quantitative estimate of drug-likeness (QED) is 0.813.